The summed E-state index contributed by atoms with van der Waals surface area (Å²) in [4.78, 5) is 36.0. The van der Waals surface area contributed by atoms with Crippen LogP contribution in [0.2, 0.25) is 0 Å². The van der Waals surface area contributed by atoms with Gasteiger partial charge in [0.15, 0.2) is 17.5 Å². The lowest BCUT2D eigenvalue weighted by molar-refractivity contribution is -0.255. The summed E-state index contributed by atoms with van der Waals surface area (Å²) in [6, 6.07) is 9.01. The van der Waals surface area contributed by atoms with Crippen LogP contribution < -0.4 is 19.9 Å². The van der Waals surface area contributed by atoms with Crippen LogP contribution >= 0.6 is 0 Å². The lowest BCUT2D eigenvalue weighted by Crippen LogP contribution is -2.36. The number of rotatable bonds is 7. The molecule has 142 valence electrons. The molecule has 8 nitrogen and oxygen atoms in total. The molecule has 0 saturated carbocycles. The lowest BCUT2D eigenvalue weighted by Gasteiger charge is -2.19. The third kappa shape index (κ3) is 4.35. The molecule has 0 radical (unpaired) electrons. The molecule has 0 heterocycles. The van der Waals surface area contributed by atoms with Gasteiger partial charge < -0.3 is 29.4 Å². The highest BCUT2D eigenvalue weighted by molar-refractivity contribution is 6.05. The minimum absolute atomic E-state index is 0.133. The number of hydrogen-bond donors (Lipinski definition) is 1. The molecule has 2 aromatic rings. The first kappa shape index (κ1) is 19.8. The van der Waals surface area contributed by atoms with Crippen LogP contribution in [0.3, 0.4) is 0 Å². The largest absolute Gasteiger partial charge is 0.545 e. The fourth-order valence-electron chi connectivity index (χ4n) is 2.50. The van der Waals surface area contributed by atoms with Crippen LogP contribution in [0.15, 0.2) is 42.5 Å². The molecule has 0 spiro atoms. The Hall–Kier alpha value is -3.55. The quantitative estimate of drug-likeness (QED) is 0.712. The maximum Gasteiger partial charge on any atom is 0.333 e. The fourth-order valence-corrected chi connectivity index (χ4v) is 2.50. The van der Waals surface area contributed by atoms with Crippen LogP contribution in [0.5, 0.6) is 11.5 Å². The summed E-state index contributed by atoms with van der Waals surface area (Å²) < 4.78 is 15.1. The van der Waals surface area contributed by atoms with Crippen LogP contribution in [0.25, 0.3) is 0 Å². The molecule has 0 aliphatic rings. The van der Waals surface area contributed by atoms with E-state index in [1.165, 1.54) is 51.7 Å². The Balaban J connectivity index is 2.40. The number of methoxy groups -OCH3 is 3. The van der Waals surface area contributed by atoms with E-state index >= 15 is 0 Å². The van der Waals surface area contributed by atoms with Crippen LogP contribution in [0.1, 0.15) is 32.3 Å². The first-order valence-corrected chi connectivity index (χ1v) is 7.84. The van der Waals surface area contributed by atoms with Crippen molar-refractivity contribution in [2.75, 3.05) is 21.3 Å². The van der Waals surface area contributed by atoms with Crippen molar-refractivity contribution < 1.29 is 33.7 Å². The molecule has 2 rings (SSSR count). The van der Waals surface area contributed by atoms with Crippen LogP contribution in [-0.4, -0.2) is 39.2 Å². The Bertz CT molecular complexity index is 863. The van der Waals surface area contributed by atoms with E-state index in [0.29, 0.717) is 17.1 Å². The predicted octanol–water partition coefficient (Wildman–Crippen LogP) is 0.711. The molecular formula is C19H18NO7-. The van der Waals surface area contributed by atoms with Gasteiger partial charge >= 0.3 is 5.97 Å². The van der Waals surface area contributed by atoms with Gasteiger partial charge in [-0.3, -0.25) is 4.79 Å². The maximum absolute atomic E-state index is 12.6. The van der Waals surface area contributed by atoms with Gasteiger partial charge in [-0.05, 0) is 23.8 Å². The van der Waals surface area contributed by atoms with Gasteiger partial charge in [-0.15, -0.1) is 0 Å². The van der Waals surface area contributed by atoms with Crippen molar-refractivity contribution in [1.82, 2.24) is 5.32 Å². The van der Waals surface area contributed by atoms with Gasteiger partial charge in [0.2, 0.25) is 0 Å². The van der Waals surface area contributed by atoms with Gasteiger partial charge in [0.05, 0.1) is 27.3 Å². The highest BCUT2D eigenvalue weighted by atomic mass is 16.5. The summed E-state index contributed by atoms with van der Waals surface area (Å²) in [7, 11) is 4.08. The number of aromatic carboxylic acids is 1. The molecule has 0 aromatic heterocycles. The second-order valence-electron chi connectivity index (χ2n) is 5.38. The Labute approximate surface area is 155 Å². The van der Waals surface area contributed by atoms with E-state index in [0.717, 1.165) is 0 Å². The minimum Gasteiger partial charge on any atom is -0.545 e. The normalized spacial score (nSPS) is 11.2. The van der Waals surface area contributed by atoms with E-state index in [-0.39, 0.29) is 11.1 Å². The van der Waals surface area contributed by atoms with Crippen molar-refractivity contribution >= 4 is 17.8 Å². The summed E-state index contributed by atoms with van der Waals surface area (Å²) in [5, 5.41) is 13.7. The first-order chi connectivity index (χ1) is 12.9. The highest BCUT2D eigenvalue weighted by Gasteiger charge is 2.26. The third-order valence-corrected chi connectivity index (χ3v) is 3.84. The summed E-state index contributed by atoms with van der Waals surface area (Å²) in [6.45, 7) is 0. The second kappa shape index (κ2) is 8.70. The Morgan fingerprint density at radius 1 is 0.926 bits per heavy atom. The molecule has 0 aliphatic carbocycles. The van der Waals surface area contributed by atoms with E-state index in [9.17, 15) is 19.5 Å². The molecule has 1 N–H and O–H groups in total. The third-order valence-electron chi connectivity index (χ3n) is 3.84. The highest BCUT2D eigenvalue weighted by Crippen LogP contribution is 2.30. The molecule has 0 bridgehead atoms. The summed E-state index contributed by atoms with van der Waals surface area (Å²) >= 11 is 0. The standard InChI is InChI=1S/C19H19NO7/c1-25-14-9-8-11(10-15(14)26-2)16(19(24)27-3)20-17(21)12-6-4-5-7-13(12)18(22)23/h4-10,16H,1-3H3,(H,20,21)(H,22,23)/p-1/t16-/m0/s1. The van der Waals surface area contributed by atoms with Gasteiger partial charge in [0, 0.05) is 11.1 Å². The maximum atomic E-state index is 12.6. The molecule has 27 heavy (non-hydrogen) atoms. The van der Waals surface area contributed by atoms with E-state index in [1.807, 2.05) is 0 Å². The molecule has 1 amide bonds. The number of benzene rings is 2. The van der Waals surface area contributed by atoms with Gasteiger partial charge in [-0.1, -0.05) is 24.3 Å². The van der Waals surface area contributed by atoms with Gasteiger partial charge in [-0.25, -0.2) is 4.79 Å². The van der Waals surface area contributed by atoms with E-state index < -0.39 is 23.9 Å². The average molecular weight is 372 g/mol. The van der Waals surface area contributed by atoms with Gasteiger partial charge in [-0.2, -0.15) is 0 Å². The van der Waals surface area contributed by atoms with Crippen LogP contribution in [-0.2, 0) is 9.53 Å². The van der Waals surface area contributed by atoms with E-state index in [2.05, 4.69) is 5.32 Å². The van der Waals surface area contributed by atoms with E-state index in [1.54, 1.807) is 12.1 Å². The topological polar surface area (TPSA) is 114 Å². The average Bonchev–Trinajstić information content (AvgIpc) is 2.70. The number of ether oxygens (including phenoxy) is 3. The van der Waals surface area contributed by atoms with Crippen LogP contribution in [0, 0.1) is 0 Å². The zero-order valence-electron chi connectivity index (χ0n) is 15.0. The number of esters is 1. The number of carboxylic acid groups (broad SMARTS) is 1. The van der Waals surface area contributed by atoms with Gasteiger partial charge in [0.25, 0.3) is 5.91 Å². The Kier molecular flexibility index (Phi) is 6.37. The monoisotopic (exact) mass is 372 g/mol. The Morgan fingerprint density at radius 3 is 2.11 bits per heavy atom. The molecule has 0 aliphatic heterocycles. The SMILES string of the molecule is COC(=O)[C@@H](NC(=O)c1ccccc1C(=O)[O-])c1ccc(OC)c(OC)c1. The van der Waals surface area contributed by atoms with Crippen molar-refractivity contribution in [2.45, 2.75) is 6.04 Å². The lowest BCUT2D eigenvalue weighted by atomic mass is 10.0. The van der Waals surface area contributed by atoms with Crippen molar-refractivity contribution in [3.63, 3.8) is 0 Å². The number of carboxylic acids is 1. The summed E-state index contributed by atoms with van der Waals surface area (Å²) in [6.07, 6.45) is 0. The molecule has 1 atom stereocenters. The number of hydrogen-bond acceptors (Lipinski definition) is 7. The summed E-state index contributed by atoms with van der Waals surface area (Å²) in [5.41, 5.74) is -0.0448. The molecule has 2 aromatic carbocycles. The van der Waals surface area contributed by atoms with Crippen molar-refractivity contribution in [1.29, 1.82) is 0 Å². The smallest absolute Gasteiger partial charge is 0.333 e. The number of nitrogens with one attached hydrogen (secondary N) is 1. The molecule has 0 unspecified atom stereocenters. The second-order valence-corrected chi connectivity index (χ2v) is 5.38. The first-order valence-electron chi connectivity index (χ1n) is 7.84. The zero-order valence-corrected chi connectivity index (χ0v) is 15.0. The zero-order chi connectivity index (χ0) is 20.0. The predicted molar refractivity (Wildman–Crippen MR) is 92.5 cm³/mol. The van der Waals surface area contributed by atoms with Crippen molar-refractivity contribution in [3.05, 3.63) is 59.2 Å². The number of amides is 1. The van der Waals surface area contributed by atoms with E-state index in [4.69, 9.17) is 14.2 Å². The van der Waals surface area contributed by atoms with Crippen LogP contribution in [0.4, 0.5) is 0 Å². The minimum atomic E-state index is -1.50. The van der Waals surface area contributed by atoms with Crippen molar-refractivity contribution in [2.24, 2.45) is 0 Å². The molecule has 0 saturated heterocycles. The fraction of sp³-hybridized carbons (Fsp3) is 0.211. The molecule has 0 fully saturated rings. The summed E-state index contributed by atoms with van der Waals surface area (Å²) in [5.74, 6) is -2.20. The number of carbonyl (C=O) groups is 3. The molecule has 8 heteroatoms. The van der Waals surface area contributed by atoms with Gasteiger partial charge in [0.1, 0.15) is 0 Å². The molecular weight excluding hydrogens is 354 g/mol. The van der Waals surface area contributed by atoms with Crippen molar-refractivity contribution in [3.8, 4) is 11.5 Å². The Morgan fingerprint density at radius 2 is 1.56 bits per heavy atom. The number of carbonyl (C=O) groups excluding carboxylic acids is 3.